The maximum Gasteiger partial charge on any atom is 0.152 e. The van der Waals surface area contributed by atoms with E-state index in [1.807, 2.05) is 6.20 Å². The van der Waals surface area contributed by atoms with E-state index in [1.165, 1.54) is 17.7 Å². The van der Waals surface area contributed by atoms with Gasteiger partial charge in [-0.3, -0.25) is 0 Å². The van der Waals surface area contributed by atoms with Gasteiger partial charge >= 0.3 is 0 Å². The Morgan fingerprint density at radius 1 is 1.60 bits per heavy atom. The van der Waals surface area contributed by atoms with Gasteiger partial charge in [-0.05, 0) is 38.8 Å². The standard InChI is InChI=1S/C12H19N3/c1-4-15-10(3)6-8-13-11-9(2)5-7-14-12(11)15/h5,7,10,13H,4,6,8H2,1-3H3. The first-order chi connectivity index (χ1) is 7.24. The van der Waals surface area contributed by atoms with Gasteiger partial charge < -0.3 is 10.2 Å². The van der Waals surface area contributed by atoms with E-state index >= 15 is 0 Å². The molecule has 0 fully saturated rings. The monoisotopic (exact) mass is 205 g/mol. The fourth-order valence-electron chi connectivity index (χ4n) is 2.21. The first-order valence-corrected chi connectivity index (χ1v) is 5.70. The van der Waals surface area contributed by atoms with E-state index in [-0.39, 0.29) is 0 Å². The molecule has 3 nitrogen and oxygen atoms in total. The van der Waals surface area contributed by atoms with E-state index in [2.05, 4.69) is 42.0 Å². The van der Waals surface area contributed by atoms with Gasteiger partial charge in [0.2, 0.25) is 0 Å². The van der Waals surface area contributed by atoms with Crippen molar-refractivity contribution >= 4 is 11.5 Å². The minimum absolute atomic E-state index is 0.568. The van der Waals surface area contributed by atoms with E-state index in [0.717, 1.165) is 18.9 Å². The summed E-state index contributed by atoms with van der Waals surface area (Å²) < 4.78 is 0. The van der Waals surface area contributed by atoms with Crippen LogP contribution in [0.5, 0.6) is 0 Å². The zero-order valence-corrected chi connectivity index (χ0v) is 9.75. The molecule has 2 rings (SSSR count). The maximum atomic E-state index is 4.51. The van der Waals surface area contributed by atoms with Crippen LogP contribution in [0.25, 0.3) is 0 Å². The molecule has 1 N–H and O–H groups in total. The highest BCUT2D eigenvalue weighted by molar-refractivity contribution is 5.70. The highest BCUT2D eigenvalue weighted by Crippen LogP contribution is 2.30. The quantitative estimate of drug-likeness (QED) is 0.763. The molecule has 82 valence electrons. The molecule has 0 amide bonds. The van der Waals surface area contributed by atoms with Gasteiger partial charge in [-0.1, -0.05) is 0 Å². The van der Waals surface area contributed by atoms with Gasteiger partial charge in [-0.2, -0.15) is 0 Å². The molecule has 1 aromatic heterocycles. The van der Waals surface area contributed by atoms with Crippen molar-refractivity contribution < 1.29 is 0 Å². The molecule has 1 atom stereocenters. The normalized spacial score (nSPS) is 20.5. The third-order valence-electron chi connectivity index (χ3n) is 3.15. The van der Waals surface area contributed by atoms with Crippen LogP contribution in [-0.2, 0) is 0 Å². The SMILES string of the molecule is CCN1c2nccc(C)c2NCCC1C. The Morgan fingerprint density at radius 2 is 2.40 bits per heavy atom. The second kappa shape index (κ2) is 4.09. The largest absolute Gasteiger partial charge is 0.382 e. The van der Waals surface area contributed by atoms with Crippen molar-refractivity contribution in [3.63, 3.8) is 0 Å². The topological polar surface area (TPSA) is 28.2 Å². The number of anilines is 2. The van der Waals surface area contributed by atoms with Gasteiger partial charge in [0.05, 0.1) is 5.69 Å². The van der Waals surface area contributed by atoms with Gasteiger partial charge in [0.25, 0.3) is 0 Å². The Hall–Kier alpha value is -1.25. The molecule has 0 aromatic carbocycles. The van der Waals surface area contributed by atoms with Crippen LogP contribution in [0.4, 0.5) is 11.5 Å². The number of fused-ring (bicyclic) bond motifs is 1. The van der Waals surface area contributed by atoms with Crippen LogP contribution in [0.15, 0.2) is 12.3 Å². The van der Waals surface area contributed by atoms with E-state index in [1.54, 1.807) is 0 Å². The molecule has 1 unspecified atom stereocenters. The van der Waals surface area contributed by atoms with Gasteiger partial charge in [-0.25, -0.2) is 4.98 Å². The fourth-order valence-corrected chi connectivity index (χ4v) is 2.21. The van der Waals surface area contributed by atoms with Crippen molar-refractivity contribution in [2.75, 3.05) is 23.3 Å². The third-order valence-corrected chi connectivity index (χ3v) is 3.15. The molecule has 15 heavy (non-hydrogen) atoms. The molecule has 2 heterocycles. The number of pyridine rings is 1. The molecule has 1 aliphatic rings. The lowest BCUT2D eigenvalue weighted by molar-refractivity contribution is 0.621. The lowest BCUT2D eigenvalue weighted by Gasteiger charge is -2.27. The summed E-state index contributed by atoms with van der Waals surface area (Å²) in [6.07, 6.45) is 3.07. The van der Waals surface area contributed by atoms with Crippen molar-refractivity contribution in [2.45, 2.75) is 33.2 Å². The van der Waals surface area contributed by atoms with Crippen molar-refractivity contribution in [3.8, 4) is 0 Å². The summed E-state index contributed by atoms with van der Waals surface area (Å²) in [7, 11) is 0. The average molecular weight is 205 g/mol. The number of hydrogen-bond acceptors (Lipinski definition) is 3. The van der Waals surface area contributed by atoms with Crippen molar-refractivity contribution in [2.24, 2.45) is 0 Å². The Kier molecular flexibility index (Phi) is 2.80. The lowest BCUT2D eigenvalue weighted by atomic mass is 10.2. The highest BCUT2D eigenvalue weighted by atomic mass is 15.2. The summed E-state index contributed by atoms with van der Waals surface area (Å²) in [5, 5.41) is 3.48. The Bertz CT molecular complexity index is 349. The fraction of sp³-hybridized carbons (Fsp3) is 0.583. The molecular formula is C12H19N3. The summed E-state index contributed by atoms with van der Waals surface area (Å²) in [4.78, 5) is 6.88. The van der Waals surface area contributed by atoms with E-state index < -0.39 is 0 Å². The van der Waals surface area contributed by atoms with Crippen LogP contribution in [-0.4, -0.2) is 24.1 Å². The smallest absolute Gasteiger partial charge is 0.152 e. The number of hydrogen-bond donors (Lipinski definition) is 1. The Morgan fingerprint density at radius 3 is 3.13 bits per heavy atom. The number of aryl methyl sites for hydroxylation is 1. The van der Waals surface area contributed by atoms with E-state index in [9.17, 15) is 0 Å². The molecule has 0 radical (unpaired) electrons. The van der Waals surface area contributed by atoms with Gasteiger partial charge in [-0.15, -0.1) is 0 Å². The summed E-state index contributed by atoms with van der Waals surface area (Å²) in [5.41, 5.74) is 2.50. The summed E-state index contributed by atoms with van der Waals surface area (Å²) in [5.74, 6) is 1.11. The molecule has 0 spiro atoms. The lowest BCUT2D eigenvalue weighted by Crippen LogP contribution is -2.33. The Balaban J connectivity index is 2.47. The van der Waals surface area contributed by atoms with Crippen LogP contribution in [0.3, 0.4) is 0 Å². The molecule has 0 saturated heterocycles. The van der Waals surface area contributed by atoms with Crippen molar-refractivity contribution in [1.82, 2.24) is 4.98 Å². The summed E-state index contributed by atoms with van der Waals surface area (Å²) >= 11 is 0. The minimum atomic E-state index is 0.568. The molecule has 0 bridgehead atoms. The predicted octanol–water partition coefficient (Wildman–Crippen LogP) is 2.42. The minimum Gasteiger partial charge on any atom is -0.382 e. The number of rotatable bonds is 1. The first kappa shape index (κ1) is 10.3. The molecule has 0 saturated carbocycles. The zero-order valence-electron chi connectivity index (χ0n) is 9.75. The van der Waals surface area contributed by atoms with Crippen molar-refractivity contribution in [3.05, 3.63) is 17.8 Å². The first-order valence-electron chi connectivity index (χ1n) is 5.70. The number of nitrogens with one attached hydrogen (secondary N) is 1. The number of nitrogens with zero attached hydrogens (tertiary/aromatic N) is 2. The van der Waals surface area contributed by atoms with Gasteiger partial charge in [0, 0.05) is 25.3 Å². The molecule has 1 aromatic rings. The molecule has 3 heteroatoms. The Labute approximate surface area is 91.5 Å². The van der Waals surface area contributed by atoms with Crippen LogP contribution in [0, 0.1) is 6.92 Å². The molecule has 0 aliphatic carbocycles. The maximum absolute atomic E-state index is 4.51. The molecule has 1 aliphatic heterocycles. The van der Waals surface area contributed by atoms with Gasteiger partial charge in [0.15, 0.2) is 5.82 Å². The van der Waals surface area contributed by atoms with Gasteiger partial charge in [0.1, 0.15) is 0 Å². The van der Waals surface area contributed by atoms with E-state index in [0.29, 0.717) is 6.04 Å². The second-order valence-electron chi connectivity index (χ2n) is 4.18. The van der Waals surface area contributed by atoms with Crippen LogP contribution < -0.4 is 10.2 Å². The second-order valence-corrected chi connectivity index (χ2v) is 4.18. The zero-order chi connectivity index (χ0) is 10.8. The van der Waals surface area contributed by atoms with Crippen molar-refractivity contribution in [1.29, 1.82) is 0 Å². The van der Waals surface area contributed by atoms with Crippen LogP contribution in [0.2, 0.25) is 0 Å². The number of aromatic nitrogens is 1. The highest BCUT2D eigenvalue weighted by Gasteiger charge is 2.21. The average Bonchev–Trinajstić information content (AvgIpc) is 2.38. The third kappa shape index (κ3) is 1.78. The molecular weight excluding hydrogens is 186 g/mol. The summed E-state index contributed by atoms with van der Waals surface area (Å²) in [6.45, 7) is 8.65. The van der Waals surface area contributed by atoms with E-state index in [4.69, 9.17) is 0 Å². The van der Waals surface area contributed by atoms with Crippen LogP contribution >= 0.6 is 0 Å². The predicted molar refractivity (Wildman–Crippen MR) is 64.6 cm³/mol. The summed E-state index contributed by atoms with van der Waals surface area (Å²) in [6, 6.07) is 2.63. The van der Waals surface area contributed by atoms with Crippen LogP contribution in [0.1, 0.15) is 25.8 Å².